The Balaban J connectivity index is 1.10. The first-order chi connectivity index (χ1) is 23.6. The van der Waals surface area contributed by atoms with Crippen LogP contribution in [-0.4, -0.2) is 64.5 Å². The summed E-state index contributed by atoms with van der Waals surface area (Å²) < 4.78 is 13.4. The van der Waals surface area contributed by atoms with Gasteiger partial charge in [-0.1, -0.05) is 19.1 Å². The van der Waals surface area contributed by atoms with Gasteiger partial charge in [0, 0.05) is 49.6 Å². The predicted octanol–water partition coefficient (Wildman–Crippen LogP) is 8.12. The number of likely N-dealkylation sites (tertiary alicyclic amines) is 1. The highest BCUT2D eigenvalue weighted by Crippen LogP contribution is 2.58. The Bertz CT molecular complexity index is 1640. The highest BCUT2D eigenvalue weighted by molar-refractivity contribution is 5.95. The predicted molar refractivity (Wildman–Crippen MR) is 191 cm³/mol. The second-order valence-corrected chi connectivity index (χ2v) is 15.9. The lowest BCUT2D eigenvalue weighted by Gasteiger charge is -2.55. The number of fused-ring (bicyclic) bond motifs is 3. The van der Waals surface area contributed by atoms with Crippen molar-refractivity contribution in [1.82, 2.24) is 19.7 Å². The van der Waals surface area contributed by atoms with Crippen molar-refractivity contribution in [1.29, 1.82) is 0 Å². The average Bonchev–Trinajstić information content (AvgIpc) is 3.61. The molecule has 262 valence electrons. The minimum absolute atomic E-state index is 0.0664. The second-order valence-electron chi connectivity index (χ2n) is 15.9. The minimum atomic E-state index is -0.204. The first kappa shape index (κ1) is 33.6. The van der Waals surface area contributed by atoms with Gasteiger partial charge in [0.2, 0.25) is 5.91 Å². The van der Waals surface area contributed by atoms with E-state index < -0.39 is 0 Å². The van der Waals surface area contributed by atoms with E-state index in [9.17, 15) is 9.59 Å². The molecule has 1 aliphatic heterocycles. The van der Waals surface area contributed by atoms with Gasteiger partial charge in [0.15, 0.2) is 0 Å². The van der Waals surface area contributed by atoms with Crippen LogP contribution in [0.1, 0.15) is 102 Å². The zero-order chi connectivity index (χ0) is 34.3. The van der Waals surface area contributed by atoms with Crippen LogP contribution in [0, 0.1) is 24.2 Å². The summed E-state index contributed by atoms with van der Waals surface area (Å²) in [6.45, 7) is 10.7. The molecule has 0 spiro atoms. The number of rotatable bonds is 9. The van der Waals surface area contributed by atoms with Gasteiger partial charge in [-0.15, -0.1) is 0 Å². The van der Waals surface area contributed by atoms with Gasteiger partial charge in [0.1, 0.15) is 17.7 Å². The van der Waals surface area contributed by atoms with Crippen LogP contribution in [0.2, 0.25) is 0 Å². The molecule has 2 amide bonds. The average molecular weight is 668 g/mol. The van der Waals surface area contributed by atoms with Crippen LogP contribution in [0.5, 0.6) is 5.75 Å². The van der Waals surface area contributed by atoms with Crippen LogP contribution in [0.3, 0.4) is 0 Å². The maximum absolute atomic E-state index is 14.6. The van der Waals surface area contributed by atoms with E-state index in [1.54, 1.807) is 12.0 Å². The molecule has 8 rings (SSSR count). The Labute approximate surface area is 291 Å². The number of anilines is 1. The summed E-state index contributed by atoms with van der Waals surface area (Å²) in [5.74, 6) is 2.24. The van der Waals surface area contributed by atoms with Crippen molar-refractivity contribution in [3.63, 3.8) is 0 Å². The number of carbonyl (C=O) groups is 2. The zero-order valence-electron chi connectivity index (χ0n) is 30.0. The number of methoxy groups -OCH3 is 1. The molecule has 5 fully saturated rings. The Morgan fingerprint density at radius 1 is 0.980 bits per heavy atom. The Morgan fingerprint density at radius 3 is 2.31 bits per heavy atom. The molecule has 4 saturated carbocycles. The van der Waals surface area contributed by atoms with Crippen LogP contribution >= 0.6 is 0 Å². The van der Waals surface area contributed by atoms with Crippen molar-refractivity contribution in [3.8, 4) is 17.0 Å². The van der Waals surface area contributed by atoms with Crippen molar-refractivity contribution in [2.45, 2.75) is 109 Å². The lowest BCUT2D eigenvalue weighted by Crippen LogP contribution is -2.52. The first-order valence-corrected chi connectivity index (χ1v) is 18.5. The summed E-state index contributed by atoms with van der Waals surface area (Å²) in [5, 5.41) is 4.81. The molecule has 5 aliphatic rings. The summed E-state index contributed by atoms with van der Waals surface area (Å²) in [6.07, 6.45) is 13.1. The van der Waals surface area contributed by atoms with Crippen LogP contribution in [-0.2, 0) is 14.9 Å². The molecule has 0 atom stereocenters. The van der Waals surface area contributed by atoms with E-state index in [-0.39, 0.29) is 40.9 Å². The maximum atomic E-state index is 14.6. The highest BCUT2D eigenvalue weighted by Gasteiger charge is 2.51. The van der Waals surface area contributed by atoms with E-state index in [4.69, 9.17) is 19.6 Å². The van der Waals surface area contributed by atoms with Crippen molar-refractivity contribution in [3.05, 3.63) is 59.9 Å². The van der Waals surface area contributed by atoms with Gasteiger partial charge in [-0.05, 0) is 137 Å². The SMILES string of the molecule is COc1ccc(C23CCC(CN(C(=O)C4CCC(OC(=O)N5CC(C)C5)CC4)c4cc(-c5ccn(C(C)C)n5)ccn4)(CC2)CC3)cc1C. The third kappa shape index (κ3) is 6.70. The normalized spacial score (nSPS) is 26.8. The number of ether oxygens (including phenoxy) is 2. The fourth-order valence-electron chi connectivity index (χ4n) is 8.97. The minimum Gasteiger partial charge on any atom is -0.496 e. The lowest BCUT2D eigenvalue weighted by molar-refractivity contribution is -0.124. The summed E-state index contributed by atoms with van der Waals surface area (Å²) in [5.41, 5.74) is 4.75. The molecule has 2 aromatic heterocycles. The molecule has 0 radical (unpaired) electrons. The van der Waals surface area contributed by atoms with E-state index in [1.165, 1.54) is 11.1 Å². The second kappa shape index (κ2) is 13.4. The van der Waals surface area contributed by atoms with Gasteiger partial charge in [0.05, 0.1) is 12.8 Å². The third-order valence-corrected chi connectivity index (χ3v) is 12.2. The van der Waals surface area contributed by atoms with Crippen LogP contribution in [0.15, 0.2) is 48.8 Å². The Hall–Kier alpha value is -3.88. The molecule has 1 saturated heterocycles. The quantitative estimate of drug-likeness (QED) is 0.229. The summed E-state index contributed by atoms with van der Waals surface area (Å²) in [4.78, 5) is 35.9. The van der Waals surface area contributed by atoms with Gasteiger partial charge in [-0.3, -0.25) is 14.4 Å². The molecule has 0 N–H and O–H groups in total. The number of benzene rings is 1. The van der Waals surface area contributed by atoms with Crippen molar-refractivity contribution in [2.24, 2.45) is 17.3 Å². The number of hydrogen-bond donors (Lipinski definition) is 0. The Kier molecular flexibility index (Phi) is 9.22. The number of aromatic nitrogens is 3. The van der Waals surface area contributed by atoms with Gasteiger partial charge < -0.3 is 14.4 Å². The largest absolute Gasteiger partial charge is 0.496 e. The Morgan fingerprint density at radius 2 is 1.69 bits per heavy atom. The summed E-state index contributed by atoms with van der Waals surface area (Å²) >= 11 is 0. The highest BCUT2D eigenvalue weighted by atomic mass is 16.6. The number of carbonyl (C=O) groups excluding carboxylic acids is 2. The van der Waals surface area contributed by atoms with Gasteiger partial charge in [-0.25, -0.2) is 9.78 Å². The number of amides is 2. The maximum Gasteiger partial charge on any atom is 0.410 e. The van der Waals surface area contributed by atoms with Crippen LogP contribution in [0.25, 0.3) is 11.3 Å². The summed E-state index contributed by atoms with van der Waals surface area (Å²) in [6, 6.07) is 13.1. The van der Waals surface area contributed by atoms with E-state index >= 15 is 0 Å². The smallest absolute Gasteiger partial charge is 0.410 e. The molecular formula is C40H53N5O4. The molecular weight excluding hydrogens is 614 g/mol. The topological polar surface area (TPSA) is 89.8 Å². The molecule has 9 nitrogen and oxygen atoms in total. The molecule has 49 heavy (non-hydrogen) atoms. The molecule has 3 aromatic rings. The standard InChI is InChI=1S/C40H53N5O4/c1-27(2)45-21-13-34(42-45)31-12-20-41-36(23-31)44(37(46)30-6-9-33(10-7-30)49-38(47)43-24-28(3)25-43)26-39-14-17-40(18-15-39,19-16-39)32-8-11-35(48-5)29(4)22-32/h8,11-13,20-23,27-28,30,33H,6-7,9-10,14-19,24-26H2,1-5H3. The molecule has 1 aromatic carbocycles. The van der Waals surface area contributed by atoms with Gasteiger partial charge in [-0.2, -0.15) is 5.10 Å². The summed E-state index contributed by atoms with van der Waals surface area (Å²) in [7, 11) is 1.74. The number of hydrogen-bond acceptors (Lipinski definition) is 6. The van der Waals surface area contributed by atoms with Gasteiger partial charge >= 0.3 is 6.09 Å². The van der Waals surface area contributed by atoms with Crippen molar-refractivity contribution < 1.29 is 19.1 Å². The number of aryl methyl sites for hydroxylation is 1. The molecule has 3 heterocycles. The van der Waals surface area contributed by atoms with E-state index in [0.717, 1.165) is 81.5 Å². The van der Waals surface area contributed by atoms with E-state index in [2.05, 4.69) is 52.0 Å². The first-order valence-electron chi connectivity index (χ1n) is 18.5. The molecule has 9 heteroatoms. The monoisotopic (exact) mass is 667 g/mol. The number of nitrogens with zero attached hydrogens (tertiary/aromatic N) is 5. The third-order valence-electron chi connectivity index (χ3n) is 12.2. The van der Waals surface area contributed by atoms with E-state index in [1.807, 2.05) is 34.1 Å². The van der Waals surface area contributed by atoms with E-state index in [0.29, 0.717) is 31.1 Å². The van der Waals surface area contributed by atoms with Crippen molar-refractivity contribution in [2.75, 3.05) is 31.6 Å². The zero-order valence-corrected chi connectivity index (χ0v) is 30.0. The molecule has 4 aliphatic carbocycles. The lowest BCUT2D eigenvalue weighted by atomic mass is 9.51. The molecule has 0 unspecified atom stereocenters. The molecule has 2 bridgehead atoms. The fourth-order valence-corrected chi connectivity index (χ4v) is 8.97. The fraction of sp³-hybridized carbons (Fsp3) is 0.600. The van der Waals surface area contributed by atoms with Crippen LogP contribution < -0.4 is 9.64 Å². The number of pyridine rings is 1. The van der Waals surface area contributed by atoms with Crippen molar-refractivity contribution >= 4 is 17.8 Å². The van der Waals surface area contributed by atoms with Crippen LogP contribution in [0.4, 0.5) is 10.6 Å². The van der Waals surface area contributed by atoms with Gasteiger partial charge in [0.25, 0.3) is 0 Å².